The zero-order valence-electron chi connectivity index (χ0n) is 19.8. The fourth-order valence-electron chi connectivity index (χ4n) is 4.01. The molecule has 0 spiro atoms. The summed E-state index contributed by atoms with van der Waals surface area (Å²) in [5.41, 5.74) is 3.90. The number of nitrogens with one attached hydrogen (secondary N) is 1. The van der Waals surface area contributed by atoms with Crippen LogP contribution in [0.4, 0.5) is 11.4 Å². The molecule has 0 radical (unpaired) electrons. The molecule has 0 unspecified atom stereocenters. The Morgan fingerprint density at radius 3 is 2.44 bits per heavy atom. The van der Waals surface area contributed by atoms with E-state index < -0.39 is 0 Å². The molecule has 1 fully saturated rings. The lowest BCUT2D eigenvalue weighted by atomic mass is 10.0. The van der Waals surface area contributed by atoms with Gasteiger partial charge in [-0.25, -0.2) is 0 Å². The second-order valence-electron chi connectivity index (χ2n) is 8.10. The van der Waals surface area contributed by atoms with E-state index in [1.807, 2.05) is 42.5 Å². The monoisotopic (exact) mass is 460 g/mol. The molecule has 4 rings (SSSR count). The SMILES string of the molecule is COCCN=C(Nc1cc(-c2ccccc2)ccc1O)N1CCN(c2cccc(OC)c2)CC1. The Morgan fingerprint density at radius 2 is 1.71 bits per heavy atom. The average Bonchev–Trinajstić information content (AvgIpc) is 2.90. The van der Waals surface area contributed by atoms with E-state index in [0.717, 1.165) is 54.7 Å². The van der Waals surface area contributed by atoms with E-state index in [1.54, 1.807) is 20.3 Å². The number of hydrogen-bond donors (Lipinski definition) is 2. The number of ether oxygens (including phenoxy) is 2. The second kappa shape index (κ2) is 11.4. The predicted octanol–water partition coefficient (Wildman–Crippen LogP) is 4.30. The molecule has 7 nitrogen and oxygen atoms in total. The molecular weight excluding hydrogens is 428 g/mol. The van der Waals surface area contributed by atoms with E-state index in [9.17, 15) is 5.11 Å². The van der Waals surface area contributed by atoms with Gasteiger partial charge in [-0.1, -0.05) is 42.5 Å². The third kappa shape index (κ3) is 5.80. The molecule has 0 saturated carbocycles. The lowest BCUT2D eigenvalue weighted by molar-refractivity contribution is 0.207. The molecule has 1 saturated heterocycles. The maximum Gasteiger partial charge on any atom is 0.198 e. The third-order valence-electron chi connectivity index (χ3n) is 5.90. The zero-order chi connectivity index (χ0) is 23.8. The molecule has 1 heterocycles. The number of guanidine groups is 1. The van der Waals surface area contributed by atoms with E-state index in [4.69, 9.17) is 14.5 Å². The first-order chi connectivity index (χ1) is 16.7. The maximum atomic E-state index is 10.6. The number of piperazine rings is 1. The van der Waals surface area contributed by atoms with E-state index in [-0.39, 0.29) is 5.75 Å². The van der Waals surface area contributed by atoms with Gasteiger partial charge in [-0.15, -0.1) is 0 Å². The number of nitrogens with zero attached hydrogens (tertiary/aromatic N) is 3. The standard InChI is InChI=1S/C27H32N4O3/c1-33-18-13-28-27(29-25-19-22(11-12-26(25)32)21-7-4-3-5-8-21)31-16-14-30(15-17-31)23-9-6-10-24(20-23)34-2/h3-12,19-20,32H,13-18H2,1-2H3,(H,28,29). The molecule has 0 atom stereocenters. The van der Waals surface area contributed by atoms with Gasteiger partial charge in [0.2, 0.25) is 0 Å². The molecule has 0 aromatic heterocycles. The van der Waals surface area contributed by atoms with E-state index in [0.29, 0.717) is 18.8 Å². The summed E-state index contributed by atoms with van der Waals surface area (Å²) in [6.07, 6.45) is 0. The normalized spacial score (nSPS) is 14.2. The smallest absolute Gasteiger partial charge is 0.198 e. The predicted molar refractivity (Wildman–Crippen MR) is 138 cm³/mol. The average molecular weight is 461 g/mol. The summed E-state index contributed by atoms with van der Waals surface area (Å²) in [5.74, 6) is 1.79. The molecule has 34 heavy (non-hydrogen) atoms. The van der Waals surface area contributed by atoms with Gasteiger partial charge in [-0.05, 0) is 35.4 Å². The number of aromatic hydroxyl groups is 1. The minimum absolute atomic E-state index is 0.189. The molecule has 3 aromatic rings. The van der Waals surface area contributed by atoms with Gasteiger partial charge in [-0.3, -0.25) is 4.99 Å². The highest BCUT2D eigenvalue weighted by Crippen LogP contribution is 2.30. The summed E-state index contributed by atoms with van der Waals surface area (Å²) < 4.78 is 10.6. The van der Waals surface area contributed by atoms with Crippen LogP contribution < -0.4 is 15.0 Å². The number of benzene rings is 3. The quantitative estimate of drug-likeness (QED) is 0.237. The van der Waals surface area contributed by atoms with Crippen LogP contribution in [0.5, 0.6) is 11.5 Å². The highest BCUT2D eigenvalue weighted by Gasteiger charge is 2.21. The highest BCUT2D eigenvalue weighted by atomic mass is 16.5. The van der Waals surface area contributed by atoms with Crippen molar-refractivity contribution in [3.05, 3.63) is 72.8 Å². The number of phenolic OH excluding ortho intramolecular Hbond substituents is 1. The Kier molecular flexibility index (Phi) is 7.88. The number of rotatable bonds is 7. The maximum absolute atomic E-state index is 10.6. The topological polar surface area (TPSA) is 69.6 Å². The summed E-state index contributed by atoms with van der Waals surface area (Å²) in [7, 11) is 3.36. The number of methoxy groups -OCH3 is 2. The summed E-state index contributed by atoms with van der Waals surface area (Å²) in [5, 5.41) is 14.0. The Labute approximate surface area is 201 Å². The molecule has 0 amide bonds. The van der Waals surface area contributed by atoms with E-state index in [1.165, 1.54) is 0 Å². The number of phenols is 1. The van der Waals surface area contributed by atoms with Gasteiger partial charge in [-0.2, -0.15) is 0 Å². The second-order valence-corrected chi connectivity index (χ2v) is 8.10. The summed E-state index contributed by atoms with van der Waals surface area (Å²) >= 11 is 0. The lowest BCUT2D eigenvalue weighted by Crippen LogP contribution is -2.50. The molecular formula is C27H32N4O3. The van der Waals surface area contributed by atoms with Crippen molar-refractivity contribution in [1.29, 1.82) is 0 Å². The highest BCUT2D eigenvalue weighted by molar-refractivity contribution is 5.96. The fraction of sp³-hybridized carbons (Fsp3) is 0.296. The van der Waals surface area contributed by atoms with Crippen LogP contribution in [0.2, 0.25) is 0 Å². The molecule has 1 aliphatic rings. The molecule has 2 N–H and O–H groups in total. The lowest BCUT2D eigenvalue weighted by Gasteiger charge is -2.38. The van der Waals surface area contributed by atoms with Crippen molar-refractivity contribution in [2.45, 2.75) is 0 Å². The fourth-order valence-corrected chi connectivity index (χ4v) is 4.01. The Morgan fingerprint density at radius 1 is 0.912 bits per heavy atom. The van der Waals surface area contributed by atoms with Crippen molar-refractivity contribution in [2.75, 3.05) is 63.8 Å². The van der Waals surface area contributed by atoms with Crippen molar-refractivity contribution in [3.63, 3.8) is 0 Å². The van der Waals surface area contributed by atoms with Crippen LogP contribution in [-0.4, -0.2) is 69.5 Å². The Balaban J connectivity index is 1.50. The molecule has 178 valence electrons. The molecule has 1 aliphatic heterocycles. The first-order valence-corrected chi connectivity index (χ1v) is 11.5. The minimum atomic E-state index is 0.189. The van der Waals surface area contributed by atoms with Gasteiger partial charge < -0.3 is 29.7 Å². The summed E-state index contributed by atoms with van der Waals surface area (Å²) in [4.78, 5) is 9.33. The Hall–Kier alpha value is -3.71. The van der Waals surface area contributed by atoms with E-state index >= 15 is 0 Å². The first-order valence-electron chi connectivity index (χ1n) is 11.5. The molecule has 0 aliphatic carbocycles. The molecule has 7 heteroatoms. The van der Waals surface area contributed by atoms with Crippen molar-refractivity contribution < 1.29 is 14.6 Å². The van der Waals surface area contributed by atoms with Gasteiger partial charge in [0, 0.05) is 45.0 Å². The third-order valence-corrected chi connectivity index (χ3v) is 5.90. The van der Waals surface area contributed by atoms with Crippen LogP contribution in [0.3, 0.4) is 0 Å². The molecule has 0 bridgehead atoms. The summed E-state index contributed by atoms with van der Waals surface area (Å²) in [6, 6.07) is 23.9. The van der Waals surface area contributed by atoms with Crippen LogP contribution in [0, 0.1) is 0 Å². The van der Waals surface area contributed by atoms with Gasteiger partial charge in [0.25, 0.3) is 0 Å². The molecule has 3 aromatic carbocycles. The van der Waals surface area contributed by atoms with Crippen LogP contribution in [-0.2, 0) is 4.74 Å². The van der Waals surface area contributed by atoms with Gasteiger partial charge in [0.05, 0.1) is 25.9 Å². The van der Waals surface area contributed by atoms with Crippen LogP contribution >= 0.6 is 0 Å². The van der Waals surface area contributed by atoms with Crippen LogP contribution in [0.25, 0.3) is 11.1 Å². The van der Waals surface area contributed by atoms with Crippen molar-refractivity contribution in [2.24, 2.45) is 4.99 Å². The van der Waals surface area contributed by atoms with Gasteiger partial charge >= 0.3 is 0 Å². The zero-order valence-corrected chi connectivity index (χ0v) is 19.8. The summed E-state index contributed by atoms with van der Waals surface area (Å²) in [6.45, 7) is 4.38. The van der Waals surface area contributed by atoms with Crippen molar-refractivity contribution in [1.82, 2.24) is 4.90 Å². The van der Waals surface area contributed by atoms with E-state index in [2.05, 4.69) is 39.4 Å². The van der Waals surface area contributed by atoms with Crippen molar-refractivity contribution in [3.8, 4) is 22.6 Å². The number of aliphatic imine (C=N–C) groups is 1. The van der Waals surface area contributed by atoms with Gasteiger partial charge in [0.15, 0.2) is 5.96 Å². The number of anilines is 2. The minimum Gasteiger partial charge on any atom is -0.506 e. The van der Waals surface area contributed by atoms with Gasteiger partial charge in [0.1, 0.15) is 11.5 Å². The Bertz CT molecular complexity index is 1100. The van der Waals surface area contributed by atoms with Crippen LogP contribution in [0.15, 0.2) is 77.8 Å². The van der Waals surface area contributed by atoms with Crippen molar-refractivity contribution >= 4 is 17.3 Å². The van der Waals surface area contributed by atoms with Crippen LogP contribution in [0.1, 0.15) is 0 Å². The largest absolute Gasteiger partial charge is 0.506 e. The number of hydrogen-bond acceptors (Lipinski definition) is 5. The first kappa shape index (κ1) is 23.4.